The highest BCUT2D eigenvalue weighted by atomic mass is 16.5. The second-order valence-electron chi connectivity index (χ2n) is 5.52. The monoisotopic (exact) mass is 334 g/mol. The number of hydrogen-bond acceptors (Lipinski definition) is 4. The highest BCUT2D eigenvalue weighted by molar-refractivity contribution is 5.94. The number of ether oxygens (including phenoxy) is 2. The summed E-state index contributed by atoms with van der Waals surface area (Å²) >= 11 is 0. The molecule has 0 aromatic heterocycles. The number of hydrogen-bond donors (Lipinski definition) is 1. The average molecular weight is 334 g/mol. The third-order valence-corrected chi connectivity index (χ3v) is 3.30. The molecule has 0 aliphatic rings. The molecule has 6 heteroatoms. The SMILES string of the molecule is CCN(CC(=O)NC(C)C)C(=O)C=Cc1ccc(OC)c(OC)c1. The second-order valence-corrected chi connectivity index (χ2v) is 5.52. The molecular formula is C18H26N2O4. The predicted octanol–water partition coefficient (Wildman–Crippen LogP) is 2.09. The Morgan fingerprint density at radius 3 is 2.42 bits per heavy atom. The average Bonchev–Trinajstić information content (AvgIpc) is 2.56. The van der Waals surface area contributed by atoms with Gasteiger partial charge in [0.25, 0.3) is 0 Å². The van der Waals surface area contributed by atoms with Crippen LogP contribution in [0.5, 0.6) is 11.5 Å². The molecule has 0 bridgehead atoms. The molecule has 0 saturated heterocycles. The maximum atomic E-state index is 12.2. The van der Waals surface area contributed by atoms with Crippen molar-refractivity contribution in [3.8, 4) is 11.5 Å². The van der Waals surface area contributed by atoms with Crippen LogP contribution in [0.25, 0.3) is 6.08 Å². The molecule has 2 amide bonds. The number of carbonyl (C=O) groups is 2. The van der Waals surface area contributed by atoms with Crippen LogP contribution >= 0.6 is 0 Å². The number of benzene rings is 1. The largest absolute Gasteiger partial charge is 0.493 e. The molecule has 6 nitrogen and oxygen atoms in total. The van der Waals surface area contributed by atoms with Crippen LogP contribution in [0.3, 0.4) is 0 Å². The number of likely N-dealkylation sites (N-methyl/N-ethyl adjacent to an activating group) is 1. The first-order chi connectivity index (χ1) is 11.4. The molecule has 24 heavy (non-hydrogen) atoms. The summed E-state index contributed by atoms with van der Waals surface area (Å²) < 4.78 is 10.4. The Kier molecular flexibility index (Phi) is 7.82. The third-order valence-electron chi connectivity index (χ3n) is 3.30. The fourth-order valence-corrected chi connectivity index (χ4v) is 2.12. The summed E-state index contributed by atoms with van der Waals surface area (Å²) in [7, 11) is 3.13. The zero-order valence-corrected chi connectivity index (χ0v) is 15.0. The fourth-order valence-electron chi connectivity index (χ4n) is 2.12. The van der Waals surface area contributed by atoms with Gasteiger partial charge >= 0.3 is 0 Å². The number of nitrogens with zero attached hydrogens (tertiary/aromatic N) is 1. The number of rotatable bonds is 8. The summed E-state index contributed by atoms with van der Waals surface area (Å²) in [6, 6.07) is 5.43. The second kappa shape index (κ2) is 9.60. The van der Waals surface area contributed by atoms with E-state index >= 15 is 0 Å². The third kappa shape index (κ3) is 5.95. The van der Waals surface area contributed by atoms with Gasteiger partial charge < -0.3 is 19.7 Å². The molecule has 0 spiro atoms. The number of methoxy groups -OCH3 is 2. The molecular weight excluding hydrogens is 308 g/mol. The normalized spacial score (nSPS) is 10.8. The molecule has 0 unspecified atom stereocenters. The van der Waals surface area contributed by atoms with Crippen LogP contribution in [-0.2, 0) is 9.59 Å². The Morgan fingerprint density at radius 2 is 1.88 bits per heavy atom. The van der Waals surface area contributed by atoms with Gasteiger partial charge in [-0.3, -0.25) is 9.59 Å². The first-order valence-electron chi connectivity index (χ1n) is 7.89. The van der Waals surface area contributed by atoms with Crippen molar-refractivity contribution in [1.29, 1.82) is 0 Å². The topological polar surface area (TPSA) is 67.9 Å². The van der Waals surface area contributed by atoms with E-state index in [9.17, 15) is 9.59 Å². The van der Waals surface area contributed by atoms with Gasteiger partial charge in [0.2, 0.25) is 11.8 Å². The van der Waals surface area contributed by atoms with Crippen molar-refractivity contribution in [3.05, 3.63) is 29.8 Å². The van der Waals surface area contributed by atoms with E-state index in [1.165, 1.54) is 11.0 Å². The van der Waals surface area contributed by atoms with Crippen LogP contribution in [0.15, 0.2) is 24.3 Å². The molecule has 1 N–H and O–H groups in total. The van der Waals surface area contributed by atoms with Crippen molar-refractivity contribution < 1.29 is 19.1 Å². The van der Waals surface area contributed by atoms with Gasteiger partial charge in [0, 0.05) is 18.7 Å². The van der Waals surface area contributed by atoms with E-state index in [0.29, 0.717) is 18.0 Å². The smallest absolute Gasteiger partial charge is 0.247 e. The molecule has 0 heterocycles. The molecule has 0 aliphatic carbocycles. The van der Waals surface area contributed by atoms with Gasteiger partial charge in [0.05, 0.1) is 20.8 Å². The summed E-state index contributed by atoms with van der Waals surface area (Å²) in [5, 5.41) is 2.78. The van der Waals surface area contributed by atoms with E-state index in [4.69, 9.17) is 9.47 Å². The van der Waals surface area contributed by atoms with Crippen LogP contribution < -0.4 is 14.8 Å². The lowest BCUT2D eigenvalue weighted by atomic mass is 10.2. The van der Waals surface area contributed by atoms with E-state index < -0.39 is 0 Å². The lowest BCUT2D eigenvalue weighted by molar-refractivity contribution is -0.132. The van der Waals surface area contributed by atoms with Gasteiger partial charge in [-0.1, -0.05) is 6.07 Å². The molecule has 0 saturated carbocycles. The van der Waals surface area contributed by atoms with Gasteiger partial charge in [0.15, 0.2) is 11.5 Å². The standard InChI is InChI=1S/C18H26N2O4/c1-6-20(12-17(21)19-13(2)3)18(22)10-8-14-7-9-15(23-4)16(11-14)24-5/h7-11,13H,6,12H2,1-5H3,(H,19,21). The van der Waals surface area contributed by atoms with Gasteiger partial charge in [-0.15, -0.1) is 0 Å². The quantitative estimate of drug-likeness (QED) is 0.739. The predicted molar refractivity (Wildman–Crippen MR) is 94.1 cm³/mol. The highest BCUT2D eigenvalue weighted by Gasteiger charge is 2.13. The van der Waals surface area contributed by atoms with Crippen molar-refractivity contribution in [2.45, 2.75) is 26.8 Å². The number of amides is 2. The minimum Gasteiger partial charge on any atom is -0.493 e. The first-order valence-corrected chi connectivity index (χ1v) is 7.89. The lowest BCUT2D eigenvalue weighted by Gasteiger charge is -2.19. The maximum absolute atomic E-state index is 12.2. The van der Waals surface area contributed by atoms with Crippen LogP contribution in [0, 0.1) is 0 Å². The van der Waals surface area contributed by atoms with Crippen LogP contribution in [-0.4, -0.2) is 50.1 Å². The van der Waals surface area contributed by atoms with Gasteiger partial charge in [-0.05, 0) is 44.5 Å². The lowest BCUT2D eigenvalue weighted by Crippen LogP contribution is -2.42. The molecule has 1 aromatic rings. The van der Waals surface area contributed by atoms with Crippen LogP contribution in [0.2, 0.25) is 0 Å². The summed E-state index contributed by atoms with van der Waals surface area (Å²) in [6.07, 6.45) is 3.14. The van der Waals surface area contributed by atoms with E-state index in [1.54, 1.807) is 32.4 Å². The van der Waals surface area contributed by atoms with Gasteiger partial charge in [0.1, 0.15) is 0 Å². The van der Waals surface area contributed by atoms with Crippen LogP contribution in [0.4, 0.5) is 0 Å². The van der Waals surface area contributed by atoms with E-state index in [-0.39, 0.29) is 24.4 Å². The summed E-state index contributed by atoms with van der Waals surface area (Å²) in [5.41, 5.74) is 0.809. The van der Waals surface area contributed by atoms with E-state index in [2.05, 4.69) is 5.32 Å². The van der Waals surface area contributed by atoms with Crippen molar-refractivity contribution in [2.75, 3.05) is 27.3 Å². The Morgan fingerprint density at radius 1 is 1.21 bits per heavy atom. The molecule has 1 aromatic carbocycles. The molecule has 0 aliphatic heterocycles. The maximum Gasteiger partial charge on any atom is 0.247 e. The Hall–Kier alpha value is -2.50. The molecule has 0 fully saturated rings. The molecule has 0 atom stereocenters. The van der Waals surface area contributed by atoms with Crippen molar-refractivity contribution >= 4 is 17.9 Å². The fraction of sp³-hybridized carbons (Fsp3) is 0.444. The van der Waals surface area contributed by atoms with E-state index in [1.807, 2.05) is 26.8 Å². The van der Waals surface area contributed by atoms with Crippen molar-refractivity contribution in [1.82, 2.24) is 10.2 Å². The number of nitrogens with one attached hydrogen (secondary N) is 1. The molecule has 0 radical (unpaired) electrons. The summed E-state index contributed by atoms with van der Waals surface area (Å²) in [5.74, 6) is 0.836. The zero-order chi connectivity index (χ0) is 18.1. The Bertz CT molecular complexity index is 597. The highest BCUT2D eigenvalue weighted by Crippen LogP contribution is 2.27. The van der Waals surface area contributed by atoms with Gasteiger partial charge in [-0.2, -0.15) is 0 Å². The minimum atomic E-state index is -0.216. The Balaban J connectivity index is 2.77. The summed E-state index contributed by atoms with van der Waals surface area (Å²) in [6.45, 7) is 6.11. The van der Waals surface area contributed by atoms with Gasteiger partial charge in [-0.25, -0.2) is 0 Å². The first kappa shape index (κ1) is 19.5. The minimum absolute atomic E-state index is 0.0454. The number of carbonyl (C=O) groups excluding carboxylic acids is 2. The van der Waals surface area contributed by atoms with Crippen LogP contribution in [0.1, 0.15) is 26.3 Å². The summed E-state index contributed by atoms with van der Waals surface area (Å²) in [4.78, 5) is 25.5. The van der Waals surface area contributed by atoms with E-state index in [0.717, 1.165) is 5.56 Å². The van der Waals surface area contributed by atoms with Crippen molar-refractivity contribution in [2.24, 2.45) is 0 Å². The molecule has 132 valence electrons. The zero-order valence-electron chi connectivity index (χ0n) is 15.0. The molecule has 1 rings (SSSR count). The van der Waals surface area contributed by atoms with Crippen molar-refractivity contribution in [3.63, 3.8) is 0 Å². The Labute approximate surface area is 143 Å².